The summed E-state index contributed by atoms with van der Waals surface area (Å²) >= 11 is 6.20. The molecule has 2 N–H and O–H groups in total. The van der Waals surface area contributed by atoms with E-state index < -0.39 is 11.8 Å². The van der Waals surface area contributed by atoms with Crippen LogP contribution in [0.2, 0.25) is 5.02 Å². The number of halogens is 1. The Balaban J connectivity index is 1.61. The first-order valence-corrected chi connectivity index (χ1v) is 11.3. The lowest BCUT2D eigenvalue weighted by atomic mass is 10.1. The van der Waals surface area contributed by atoms with Crippen molar-refractivity contribution in [3.05, 3.63) is 113 Å². The number of benzene rings is 3. The highest BCUT2D eigenvalue weighted by Crippen LogP contribution is 2.33. The molecule has 0 atom stereocenters. The highest BCUT2D eigenvalue weighted by atomic mass is 35.5. The molecule has 1 aromatic heterocycles. The number of ether oxygens (including phenoxy) is 2. The first-order chi connectivity index (χ1) is 17.4. The SMILES string of the molecule is COc1cccc(Oc2ccc(Cl)cc2NC(=O)/C(=C/c2ccco2)NC(=O)c2cccc(C)c2)c1. The third kappa shape index (κ3) is 6.34. The molecule has 0 radical (unpaired) electrons. The minimum atomic E-state index is -0.592. The summed E-state index contributed by atoms with van der Waals surface area (Å²) in [5.41, 5.74) is 1.62. The van der Waals surface area contributed by atoms with Gasteiger partial charge in [-0.2, -0.15) is 0 Å². The summed E-state index contributed by atoms with van der Waals surface area (Å²) in [6, 6.07) is 22.3. The van der Waals surface area contributed by atoms with Gasteiger partial charge in [-0.05, 0) is 61.5 Å². The fraction of sp³-hybridized carbons (Fsp3) is 0.0714. The number of anilines is 1. The molecule has 4 rings (SSSR count). The van der Waals surface area contributed by atoms with Gasteiger partial charge in [0.1, 0.15) is 23.0 Å². The standard InChI is InChI=1S/C28H23ClN2O5/c1-18-6-3-7-19(14-18)27(32)31-25(17-22-10-5-13-35-22)28(33)30-24-15-20(29)11-12-26(24)36-23-9-4-8-21(16-23)34-2/h3-17H,1-2H3,(H,30,33)(H,31,32)/b25-17-. The van der Waals surface area contributed by atoms with Crippen molar-refractivity contribution >= 4 is 35.2 Å². The number of methoxy groups -OCH3 is 1. The van der Waals surface area contributed by atoms with Gasteiger partial charge in [-0.15, -0.1) is 0 Å². The number of rotatable bonds is 8. The molecule has 4 aromatic rings. The molecule has 8 heteroatoms. The molecule has 0 bridgehead atoms. The Bertz CT molecular complexity index is 1410. The Hall–Kier alpha value is -4.49. The van der Waals surface area contributed by atoms with Crippen molar-refractivity contribution in [2.75, 3.05) is 12.4 Å². The van der Waals surface area contributed by atoms with Gasteiger partial charge in [0.2, 0.25) is 0 Å². The van der Waals surface area contributed by atoms with Crippen LogP contribution < -0.4 is 20.1 Å². The van der Waals surface area contributed by atoms with E-state index in [9.17, 15) is 9.59 Å². The van der Waals surface area contributed by atoms with Crippen molar-refractivity contribution in [2.24, 2.45) is 0 Å². The second-order valence-electron chi connectivity index (χ2n) is 7.77. The molecular weight excluding hydrogens is 480 g/mol. The van der Waals surface area contributed by atoms with E-state index >= 15 is 0 Å². The predicted octanol–water partition coefficient (Wildman–Crippen LogP) is 6.45. The zero-order valence-electron chi connectivity index (χ0n) is 19.6. The zero-order valence-corrected chi connectivity index (χ0v) is 20.3. The number of aryl methyl sites for hydroxylation is 1. The molecule has 2 amide bonds. The van der Waals surface area contributed by atoms with Crippen LogP contribution >= 0.6 is 11.6 Å². The number of nitrogens with one attached hydrogen (secondary N) is 2. The molecule has 0 spiro atoms. The summed E-state index contributed by atoms with van der Waals surface area (Å²) in [7, 11) is 1.56. The molecule has 0 aliphatic heterocycles. The van der Waals surface area contributed by atoms with Crippen LogP contribution in [0.4, 0.5) is 5.69 Å². The summed E-state index contributed by atoms with van der Waals surface area (Å²) < 4.78 is 16.6. The molecule has 0 aliphatic carbocycles. The Kier molecular flexibility index (Phi) is 7.72. The van der Waals surface area contributed by atoms with Gasteiger partial charge in [-0.1, -0.05) is 35.4 Å². The van der Waals surface area contributed by atoms with Gasteiger partial charge in [0, 0.05) is 22.7 Å². The molecule has 0 fully saturated rings. The van der Waals surface area contributed by atoms with Crippen LogP contribution in [-0.4, -0.2) is 18.9 Å². The number of carbonyl (C=O) groups excluding carboxylic acids is 2. The molecule has 7 nitrogen and oxygen atoms in total. The fourth-order valence-corrected chi connectivity index (χ4v) is 3.50. The summed E-state index contributed by atoms with van der Waals surface area (Å²) in [4.78, 5) is 26.2. The Morgan fingerprint density at radius 3 is 2.50 bits per heavy atom. The van der Waals surface area contributed by atoms with Crippen molar-refractivity contribution in [1.82, 2.24) is 5.32 Å². The molecule has 3 aromatic carbocycles. The van der Waals surface area contributed by atoms with Crippen LogP contribution in [0.3, 0.4) is 0 Å². The lowest BCUT2D eigenvalue weighted by Crippen LogP contribution is -2.30. The Morgan fingerprint density at radius 2 is 1.75 bits per heavy atom. The molecule has 0 saturated heterocycles. The smallest absolute Gasteiger partial charge is 0.272 e. The minimum absolute atomic E-state index is 0.0243. The van der Waals surface area contributed by atoms with E-state index in [-0.39, 0.29) is 5.70 Å². The van der Waals surface area contributed by atoms with Gasteiger partial charge >= 0.3 is 0 Å². The average molecular weight is 503 g/mol. The number of hydrogen-bond acceptors (Lipinski definition) is 5. The normalized spacial score (nSPS) is 11.0. The second-order valence-corrected chi connectivity index (χ2v) is 8.21. The molecule has 1 heterocycles. The predicted molar refractivity (Wildman–Crippen MR) is 138 cm³/mol. The first-order valence-electron chi connectivity index (χ1n) is 11.0. The average Bonchev–Trinajstić information content (AvgIpc) is 3.38. The van der Waals surface area contributed by atoms with Crippen LogP contribution in [0.15, 0.2) is 95.2 Å². The van der Waals surface area contributed by atoms with E-state index in [0.717, 1.165) is 5.56 Å². The number of amides is 2. The van der Waals surface area contributed by atoms with Gasteiger partial charge in [0.05, 0.1) is 19.1 Å². The van der Waals surface area contributed by atoms with E-state index in [2.05, 4.69) is 10.6 Å². The van der Waals surface area contributed by atoms with E-state index in [1.54, 1.807) is 79.9 Å². The van der Waals surface area contributed by atoms with Crippen LogP contribution in [0, 0.1) is 6.92 Å². The number of carbonyl (C=O) groups is 2. The minimum Gasteiger partial charge on any atom is -0.497 e. The van der Waals surface area contributed by atoms with Gasteiger partial charge in [-0.25, -0.2) is 0 Å². The summed E-state index contributed by atoms with van der Waals surface area (Å²) in [5.74, 6) is 0.837. The third-order valence-corrected chi connectivity index (χ3v) is 5.30. The van der Waals surface area contributed by atoms with Gasteiger partial charge in [0.15, 0.2) is 5.75 Å². The molecule has 0 unspecified atom stereocenters. The topological polar surface area (TPSA) is 89.8 Å². The Labute approximate surface area is 213 Å². The van der Waals surface area contributed by atoms with Crippen LogP contribution in [-0.2, 0) is 4.79 Å². The van der Waals surface area contributed by atoms with Gasteiger partial charge < -0.3 is 24.5 Å². The van der Waals surface area contributed by atoms with Crippen LogP contribution in [0.25, 0.3) is 6.08 Å². The summed E-state index contributed by atoms with van der Waals surface area (Å²) in [6.45, 7) is 1.88. The lowest BCUT2D eigenvalue weighted by Gasteiger charge is -2.15. The van der Waals surface area contributed by atoms with Crippen molar-refractivity contribution in [1.29, 1.82) is 0 Å². The van der Waals surface area contributed by atoms with Gasteiger partial charge in [0.25, 0.3) is 11.8 Å². The zero-order chi connectivity index (χ0) is 25.5. The second kappa shape index (κ2) is 11.3. The van der Waals surface area contributed by atoms with E-state index in [4.69, 9.17) is 25.5 Å². The Morgan fingerprint density at radius 1 is 0.944 bits per heavy atom. The van der Waals surface area contributed by atoms with Crippen molar-refractivity contribution < 1.29 is 23.5 Å². The maximum Gasteiger partial charge on any atom is 0.272 e. The third-order valence-electron chi connectivity index (χ3n) is 5.06. The summed E-state index contributed by atoms with van der Waals surface area (Å²) in [6.07, 6.45) is 2.91. The maximum atomic E-state index is 13.3. The van der Waals surface area contributed by atoms with Crippen LogP contribution in [0.1, 0.15) is 21.7 Å². The number of hydrogen-bond donors (Lipinski definition) is 2. The fourth-order valence-electron chi connectivity index (χ4n) is 3.33. The van der Waals surface area contributed by atoms with E-state index in [1.165, 1.54) is 12.3 Å². The monoisotopic (exact) mass is 502 g/mol. The largest absolute Gasteiger partial charge is 0.497 e. The highest BCUT2D eigenvalue weighted by molar-refractivity contribution is 6.31. The first kappa shape index (κ1) is 24.6. The number of furan rings is 1. The van der Waals surface area contributed by atoms with E-state index in [0.29, 0.717) is 39.3 Å². The van der Waals surface area contributed by atoms with Gasteiger partial charge in [-0.3, -0.25) is 9.59 Å². The molecule has 0 aliphatic rings. The van der Waals surface area contributed by atoms with Crippen molar-refractivity contribution in [3.63, 3.8) is 0 Å². The van der Waals surface area contributed by atoms with Crippen LogP contribution in [0.5, 0.6) is 17.2 Å². The quantitative estimate of drug-likeness (QED) is 0.270. The van der Waals surface area contributed by atoms with Crippen molar-refractivity contribution in [3.8, 4) is 17.2 Å². The molecule has 36 heavy (non-hydrogen) atoms. The molecule has 182 valence electrons. The van der Waals surface area contributed by atoms with E-state index in [1.807, 2.05) is 13.0 Å². The molecule has 0 saturated carbocycles. The lowest BCUT2D eigenvalue weighted by molar-refractivity contribution is -0.113. The van der Waals surface area contributed by atoms with Crippen molar-refractivity contribution in [2.45, 2.75) is 6.92 Å². The molecular formula is C28H23ClN2O5. The highest BCUT2D eigenvalue weighted by Gasteiger charge is 2.18. The summed E-state index contributed by atoms with van der Waals surface area (Å²) in [5, 5.41) is 5.85. The maximum absolute atomic E-state index is 13.3.